The number of methoxy groups -OCH3 is 1. The molecule has 1 heterocycles. The lowest BCUT2D eigenvalue weighted by atomic mass is 10.1. The van der Waals surface area contributed by atoms with Crippen molar-refractivity contribution < 1.29 is 23.7 Å². The minimum absolute atomic E-state index is 0.0682. The maximum absolute atomic E-state index is 13.3. The largest absolute Gasteiger partial charge is 0.497 e. The van der Waals surface area contributed by atoms with Crippen LogP contribution in [-0.2, 0) is 4.79 Å². The molecule has 2 rings (SSSR count). The SMILES string of the molecule is CC[NH+](CC)CCC[C@H](C)N(CC(=O)Nc1cc(C)on1)C(=O)c1cccc(OC)c1. The van der Waals surface area contributed by atoms with E-state index in [0.29, 0.717) is 22.9 Å². The average molecular weight is 432 g/mol. The van der Waals surface area contributed by atoms with E-state index in [9.17, 15) is 9.59 Å². The van der Waals surface area contributed by atoms with Gasteiger partial charge in [-0.2, -0.15) is 0 Å². The molecule has 0 unspecified atom stereocenters. The maximum atomic E-state index is 13.3. The predicted molar refractivity (Wildman–Crippen MR) is 120 cm³/mol. The summed E-state index contributed by atoms with van der Waals surface area (Å²) in [6, 6.07) is 8.54. The molecule has 0 radical (unpaired) electrons. The van der Waals surface area contributed by atoms with Crippen LogP contribution in [0.3, 0.4) is 0 Å². The molecular formula is C23H35N4O4+. The second kappa shape index (κ2) is 12.1. The van der Waals surface area contributed by atoms with Crippen LogP contribution in [0, 0.1) is 6.92 Å². The van der Waals surface area contributed by atoms with E-state index in [2.05, 4.69) is 24.3 Å². The van der Waals surface area contributed by atoms with Gasteiger partial charge in [0, 0.05) is 17.7 Å². The van der Waals surface area contributed by atoms with Gasteiger partial charge in [-0.15, -0.1) is 0 Å². The summed E-state index contributed by atoms with van der Waals surface area (Å²) < 4.78 is 10.2. The monoisotopic (exact) mass is 431 g/mol. The smallest absolute Gasteiger partial charge is 0.254 e. The van der Waals surface area contributed by atoms with Gasteiger partial charge in [-0.25, -0.2) is 0 Å². The molecule has 0 aliphatic heterocycles. The second-order valence-corrected chi connectivity index (χ2v) is 7.73. The molecule has 1 atom stereocenters. The molecule has 0 fully saturated rings. The Morgan fingerprint density at radius 1 is 1.26 bits per heavy atom. The van der Waals surface area contributed by atoms with Crippen molar-refractivity contribution in [3.8, 4) is 5.75 Å². The van der Waals surface area contributed by atoms with E-state index in [1.807, 2.05) is 6.92 Å². The number of hydrogen-bond donors (Lipinski definition) is 2. The number of anilines is 1. The number of aryl methyl sites for hydroxylation is 1. The minimum Gasteiger partial charge on any atom is -0.497 e. The average Bonchev–Trinajstić information content (AvgIpc) is 3.18. The summed E-state index contributed by atoms with van der Waals surface area (Å²) in [5.41, 5.74) is 0.491. The number of benzene rings is 1. The first-order valence-corrected chi connectivity index (χ1v) is 10.9. The quantitative estimate of drug-likeness (QED) is 0.538. The summed E-state index contributed by atoms with van der Waals surface area (Å²) in [7, 11) is 1.56. The van der Waals surface area contributed by atoms with E-state index >= 15 is 0 Å². The molecule has 0 bridgehead atoms. The summed E-state index contributed by atoms with van der Waals surface area (Å²) in [4.78, 5) is 29.1. The molecule has 1 aromatic carbocycles. The lowest BCUT2D eigenvalue weighted by Crippen LogP contribution is -3.11. The zero-order chi connectivity index (χ0) is 22.8. The van der Waals surface area contributed by atoms with Crippen LogP contribution in [0.2, 0.25) is 0 Å². The summed E-state index contributed by atoms with van der Waals surface area (Å²) in [5.74, 6) is 1.03. The molecule has 170 valence electrons. The van der Waals surface area contributed by atoms with Gasteiger partial charge >= 0.3 is 0 Å². The molecule has 31 heavy (non-hydrogen) atoms. The fraction of sp³-hybridized carbons (Fsp3) is 0.522. The first-order chi connectivity index (χ1) is 14.9. The number of quaternary nitrogens is 1. The molecule has 2 amide bonds. The van der Waals surface area contributed by atoms with E-state index in [0.717, 1.165) is 32.5 Å². The highest BCUT2D eigenvalue weighted by atomic mass is 16.5. The Morgan fingerprint density at radius 2 is 2.00 bits per heavy atom. The minimum atomic E-state index is -0.314. The number of rotatable bonds is 12. The summed E-state index contributed by atoms with van der Waals surface area (Å²) >= 11 is 0. The van der Waals surface area contributed by atoms with Crippen molar-refractivity contribution in [2.45, 2.75) is 46.6 Å². The third-order valence-corrected chi connectivity index (χ3v) is 5.47. The Bertz CT molecular complexity index is 848. The van der Waals surface area contributed by atoms with E-state index in [4.69, 9.17) is 9.26 Å². The van der Waals surface area contributed by atoms with Crippen molar-refractivity contribution in [2.75, 3.05) is 38.6 Å². The first-order valence-electron chi connectivity index (χ1n) is 10.9. The van der Waals surface area contributed by atoms with Gasteiger partial charge in [0.15, 0.2) is 5.82 Å². The Kier molecular flexibility index (Phi) is 9.52. The van der Waals surface area contributed by atoms with Gasteiger partial charge in [0.25, 0.3) is 5.91 Å². The number of amides is 2. The van der Waals surface area contributed by atoms with Gasteiger partial charge in [-0.1, -0.05) is 11.2 Å². The molecule has 8 nitrogen and oxygen atoms in total. The van der Waals surface area contributed by atoms with Gasteiger partial charge < -0.3 is 24.4 Å². The summed E-state index contributed by atoms with van der Waals surface area (Å²) in [6.45, 7) is 11.2. The van der Waals surface area contributed by atoms with Crippen LogP contribution < -0.4 is 15.0 Å². The molecule has 0 aliphatic carbocycles. The van der Waals surface area contributed by atoms with Crippen LogP contribution in [-0.4, -0.2) is 61.2 Å². The number of carbonyl (C=O) groups is 2. The lowest BCUT2D eigenvalue weighted by Gasteiger charge is -2.29. The highest BCUT2D eigenvalue weighted by Crippen LogP contribution is 2.17. The number of nitrogens with one attached hydrogen (secondary N) is 2. The van der Waals surface area contributed by atoms with Crippen molar-refractivity contribution in [1.29, 1.82) is 0 Å². The number of carbonyl (C=O) groups excluding carboxylic acids is 2. The van der Waals surface area contributed by atoms with Crippen molar-refractivity contribution in [3.05, 3.63) is 41.7 Å². The fourth-order valence-corrected chi connectivity index (χ4v) is 3.52. The molecule has 2 N–H and O–H groups in total. The zero-order valence-electron chi connectivity index (χ0n) is 19.2. The standard InChI is InChI=1S/C23H34N4O4/c1-6-26(7-2)13-9-10-17(3)27(16-22(28)24-21-14-18(4)31-25-21)23(29)19-11-8-12-20(15-19)30-5/h8,11-12,14-15,17H,6-7,9-10,13,16H2,1-5H3,(H,24,25,28)/p+1/t17-/m0/s1. The van der Waals surface area contributed by atoms with E-state index in [-0.39, 0.29) is 24.4 Å². The van der Waals surface area contributed by atoms with Crippen LogP contribution in [0.1, 0.15) is 49.7 Å². The van der Waals surface area contributed by atoms with E-state index < -0.39 is 0 Å². The summed E-state index contributed by atoms with van der Waals surface area (Å²) in [6.07, 6.45) is 1.79. The molecule has 0 saturated carbocycles. The Labute approximate surface area is 184 Å². The third kappa shape index (κ3) is 7.40. The highest BCUT2D eigenvalue weighted by molar-refractivity contribution is 5.99. The van der Waals surface area contributed by atoms with Crippen molar-refractivity contribution in [2.24, 2.45) is 0 Å². The number of ether oxygens (including phenoxy) is 1. The van der Waals surface area contributed by atoms with Gasteiger partial charge in [0.1, 0.15) is 18.1 Å². The van der Waals surface area contributed by atoms with E-state index in [1.54, 1.807) is 49.3 Å². The normalized spacial score (nSPS) is 11.9. The van der Waals surface area contributed by atoms with Crippen LogP contribution in [0.15, 0.2) is 34.9 Å². The Hall–Kier alpha value is -2.87. The summed E-state index contributed by atoms with van der Waals surface area (Å²) in [5, 5.41) is 6.49. The fourth-order valence-electron chi connectivity index (χ4n) is 3.52. The highest BCUT2D eigenvalue weighted by Gasteiger charge is 2.25. The predicted octanol–water partition coefficient (Wildman–Crippen LogP) is 2.17. The van der Waals surface area contributed by atoms with Crippen molar-refractivity contribution >= 4 is 17.6 Å². The maximum Gasteiger partial charge on any atom is 0.254 e. The van der Waals surface area contributed by atoms with Gasteiger partial charge in [-0.3, -0.25) is 9.59 Å². The lowest BCUT2D eigenvalue weighted by molar-refractivity contribution is -0.896. The molecular weight excluding hydrogens is 396 g/mol. The van der Waals surface area contributed by atoms with Crippen LogP contribution >= 0.6 is 0 Å². The Balaban J connectivity index is 2.12. The van der Waals surface area contributed by atoms with Gasteiger partial charge in [0.2, 0.25) is 5.91 Å². The molecule has 8 heteroatoms. The van der Waals surface area contributed by atoms with Crippen molar-refractivity contribution in [1.82, 2.24) is 10.1 Å². The van der Waals surface area contributed by atoms with Gasteiger partial charge in [-0.05, 0) is 58.7 Å². The first kappa shape index (κ1) is 24.4. The number of hydrogen-bond acceptors (Lipinski definition) is 5. The van der Waals surface area contributed by atoms with Gasteiger partial charge in [0.05, 0.1) is 26.7 Å². The molecule has 0 spiro atoms. The molecule has 2 aromatic rings. The molecule has 0 saturated heterocycles. The zero-order valence-corrected chi connectivity index (χ0v) is 19.2. The third-order valence-electron chi connectivity index (χ3n) is 5.47. The van der Waals surface area contributed by atoms with Crippen molar-refractivity contribution in [3.63, 3.8) is 0 Å². The number of nitrogens with zero attached hydrogens (tertiary/aromatic N) is 2. The topological polar surface area (TPSA) is 89.1 Å². The number of aromatic nitrogens is 1. The van der Waals surface area contributed by atoms with Crippen LogP contribution in [0.5, 0.6) is 5.75 Å². The van der Waals surface area contributed by atoms with E-state index in [1.165, 1.54) is 4.90 Å². The molecule has 0 aliphatic rings. The molecule has 1 aromatic heterocycles. The second-order valence-electron chi connectivity index (χ2n) is 7.73. The van der Waals surface area contributed by atoms with Crippen LogP contribution in [0.4, 0.5) is 5.82 Å². The van der Waals surface area contributed by atoms with Crippen LogP contribution in [0.25, 0.3) is 0 Å². The Morgan fingerprint density at radius 3 is 2.61 bits per heavy atom.